The quantitative estimate of drug-likeness (QED) is 0.569. The highest BCUT2D eigenvalue weighted by atomic mass is 19.1. The van der Waals surface area contributed by atoms with Gasteiger partial charge < -0.3 is 14.2 Å². The highest BCUT2D eigenvalue weighted by molar-refractivity contribution is 6.07. The highest BCUT2D eigenvalue weighted by Gasteiger charge is 2.34. The van der Waals surface area contributed by atoms with Gasteiger partial charge in [0.25, 0.3) is 0 Å². The largest absolute Gasteiger partial charge is 0.491 e. The number of ether oxygens (including phenoxy) is 3. The van der Waals surface area contributed by atoms with Crippen LogP contribution in [0, 0.1) is 11.6 Å². The second kappa shape index (κ2) is 8.73. The molecule has 0 spiro atoms. The van der Waals surface area contributed by atoms with Crippen LogP contribution in [-0.2, 0) is 9.47 Å². The van der Waals surface area contributed by atoms with Crippen LogP contribution in [0.3, 0.4) is 0 Å². The lowest BCUT2D eigenvalue weighted by Gasteiger charge is -2.09. The monoisotopic (exact) mass is 416 g/mol. The summed E-state index contributed by atoms with van der Waals surface area (Å²) in [6.45, 7) is 1.78. The molecule has 3 aromatic rings. The molecule has 0 unspecified atom stereocenters. The van der Waals surface area contributed by atoms with E-state index >= 15 is 4.39 Å². The van der Waals surface area contributed by atoms with Crippen molar-refractivity contribution in [2.75, 3.05) is 20.8 Å². The number of aromatic nitrogens is 2. The second-order valence-corrected chi connectivity index (χ2v) is 5.97. The molecule has 0 saturated heterocycles. The van der Waals surface area contributed by atoms with Crippen molar-refractivity contribution in [3.8, 4) is 22.7 Å². The number of benzene rings is 2. The van der Waals surface area contributed by atoms with Crippen molar-refractivity contribution < 1.29 is 32.6 Å². The average molecular weight is 416 g/mol. The molecule has 1 aromatic heterocycles. The van der Waals surface area contributed by atoms with Crippen LogP contribution in [0.25, 0.3) is 16.9 Å². The molecule has 0 atom stereocenters. The minimum Gasteiger partial charge on any atom is -0.491 e. The van der Waals surface area contributed by atoms with Crippen molar-refractivity contribution in [2.45, 2.75) is 6.92 Å². The van der Waals surface area contributed by atoms with Crippen LogP contribution in [0.2, 0.25) is 0 Å². The first kappa shape index (κ1) is 21.0. The number of hydrogen-bond acceptors (Lipinski definition) is 6. The van der Waals surface area contributed by atoms with Crippen LogP contribution in [0.15, 0.2) is 42.5 Å². The van der Waals surface area contributed by atoms with Crippen molar-refractivity contribution >= 4 is 11.9 Å². The van der Waals surface area contributed by atoms with Crippen LogP contribution < -0.4 is 4.74 Å². The van der Waals surface area contributed by atoms with Gasteiger partial charge in [-0.2, -0.15) is 5.10 Å². The van der Waals surface area contributed by atoms with Crippen LogP contribution in [-0.4, -0.2) is 42.5 Å². The number of carbonyl (C=O) groups is 2. The van der Waals surface area contributed by atoms with Crippen molar-refractivity contribution in [3.63, 3.8) is 0 Å². The average Bonchev–Trinajstić information content (AvgIpc) is 3.15. The topological polar surface area (TPSA) is 79.7 Å². The third-order valence-corrected chi connectivity index (χ3v) is 4.25. The van der Waals surface area contributed by atoms with Crippen LogP contribution in [0.1, 0.15) is 27.8 Å². The zero-order valence-corrected chi connectivity index (χ0v) is 16.4. The van der Waals surface area contributed by atoms with Crippen LogP contribution in [0.5, 0.6) is 5.75 Å². The molecular formula is C21H18F2N2O5. The van der Waals surface area contributed by atoms with E-state index in [1.807, 2.05) is 0 Å². The van der Waals surface area contributed by atoms with Gasteiger partial charge in [-0.25, -0.2) is 23.1 Å². The molecule has 1 heterocycles. The van der Waals surface area contributed by atoms with E-state index in [0.29, 0.717) is 5.69 Å². The van der Waals surface area contributed by atoms with Gasteiger partial charge in [-0.15, -0.1) is 0 Å². The Balaban J connectivity index is 2.42. The van der Waals surface area contributed by atoms with E-state index in [-0.39, 0.29) is 18.1 Å². The maximum absolute atomic E-state index is 15.1. The fourth-order valence-electron chi connectivity index (χ4n) is 2.95. The summed E-state index contributed by atoms with van der Waals surface area (Å²) in [6.07, 6.45) is 0. The molecular weight excluding hydrogens is 398 g/mol. The van der Waals surface area contributed by atoms with Gasteiger partial charge in [0.15, 0.2) is 17.3 Å². The summed E-state index contributed by atoms with van der Waals surface area (Å²) in [5.41, 5.74) is -1.43. The number of carbonyl (C=O) groups excluding carboxylic acids is 2. The normalized spacial score (nSPS) is 10.6. The van der Waals surface area contributed by atoms with E-state index in [9.17, 15) is 14.0 Å². The first-order valence-corrected chi connectivity index (χ1v) is 8.90. The fraction of sp³-hybridized carbons (Fsp3) is 0.190. The Bertz CT molecular complexity index is 1100. The smallest absolute Gasteiger partial charge is 0.357 e. The standard InChI is InChI=1S/C21H18F2N2O5/c1-4-30-14-11-10-13(22)15(17(14)23)18-16(20(26)28-2)19(21(27)29-3)25(24-18)12-8-6-5-7-9-12/h5-11H,4H2,1-3H3. The van der Waals surface area contributed by atoms with E-state index < -0.39 is 40.4 Å². The zero-order chi connectivity index (χ0) is 21.8. The lowest BCUT2D eigenvalue weighted by molar-refractivity contribution is 0.0549. The van der Waals surface area contributed by atoms with Crippen LogP contribution in [0.4, 0.5) is 8.78 Å². The molecule has 0 aliphatic rings. The summed E-state index contributed by atoms with van der Waals surface area (Å²) in [5, 5.41) is 4.19. The number of methoxy groups -OCH3 is 2. The number of halogens is 2. The predicted octanol–water partition coefficient (Wildman–Crippen LogP) is 3.79. The van der Waals surface area contributed by atoms with Gasteiger partial charge in [0.05, 0.1) is 32.1 Å². The van der Waals surface area contributed by atoms with E-state index in [1.165, 1.54) is 0 Å². The molecule has 3 rings (SSSR count). The van der Waals surface area contributed by atoms with Gasteiger partial charge in [0.2, 0.25) is 0 Å². The Morgan fingerprint density at radius 1 is 1.00 bits per heavy atom. The summed E-state index contributed by atoms with van der Waals surface area (Å²) in [5.74, 6) is -4.21. The summed E-state index contributed by atoms with van der Waals surface area (Å²) in [6, 6.07) is 10.4. The van der Waals surface area contributed by atoms with Gasteiger partial charge in [0, 0.05) is 0 Å². The van der Waals surface area contributed by atoms with E-state index in [0.717, 1.165) is 31.0 Å². The number of nitrogens with zero attached hydrogens (tertiary/aromatic N) is 2. The summed E-state index contributed by atoms with van der Waals surface area (Å²) in [4.78, 5) is 25.1. The Labute approximate surface area is 170 Å². The predicted molar refractivity (Wildman–Crippen MR) is 103 cm³/mol. The molecule has 0 amide bonds. The van der Waals surface area contributed by atoms with E-state index in [1.54, 1.807) is 37.3 Å². The Morgan fingerprint density at radius 2 is 1.67 bits per heavy atom. The maximum atomic E-state index is 15.1. The summed E-state index contributed by atoms with van der Waals surface area (Å²) < 4.78 is 45.6. The first-order valence-electron chi connectivity index (χ1n) is 8.90. The van der Waals surface area contributed by atoms with E-state index in [4.69, 9.17) is 14.2 Å². The molecule has 0 aliphatic heterocycles. The molecule has 0 N–H and O–H groups in total. The molecule has 7 nitrogen and oxygen atoms in total. The zero-order valence-electron chi connectivity index (χ0n) is 16.4. The van der Waals surface area contributed by atoms with Gasteiger partial charge in [-0.05, 0) is 31.2 Å². The second-order valence-electron chi connectivity index (χ2n) is 5.97. The number of rotatable bonds is 6. The molecule has 9 heteroatoms. The molecule has 0 aliphatic carbocycles. The van der Waals surface area contributed by atoms with Crippen molar-refractivity contribution in [1.82, 2.24) is 9.78 Å². The Kier molecular flexibility index (Phi) is 6.10. The van der Waals surface area contributed by atoms with Gasteiger partial charge in [-0.3, -0.25) is 0 Å². The van der Waals surface area contributed by atoms with Gasteiger partial charge in [0.1, 0.15) is 17.1 Å². The van der Waals surface area contributed by atoms with Crippen molar-refractivity contribution in [3.05, 3.63) is 65.4 Å². The third-order valence-electron chi connectivity index (χ3n) is 4.25. The minimum atomic E-state index is -1.06. The highest BCUT2D eigenvalue weighted by Crippen LogP contribution is 2.36. The Hall–Kier alpha value is -3.75. The SMILES string of the molecule is CCOc1ccc(F)c(-c2nn(-c3ccccc3)c(C(=O)OC)c2C(=O)OC)c1F. The molecule has 0 saturated carbocycles. The molecule has 0 radical (unpaired) electrons. The minimum absolute atomic E-state index is 0.137. The number of esters is 2. The summed E-state index contributed by atoms with van der Waals surface area (Å²) in [7, 11) is 2.19. The van der Waals surface area contributed by atoms with Gasteiger partial charge >= 0.3 is 11.9 Å². The lowest BCUT2D eigenvalue weighted by Crippen LogP contribution is -2.15. The lowest BCUT2D eigenvalue weighted by atomic mass is 10.0. The van der Waals surface area contributed by atoms with E-state index in [2.05, 4.69) is 5.10 Å². The maximum Gasteiger partial charge on any atom is 0.357 e. The Morgan fingerprint density at radius 3 is 2.27 bits per heavy atom. The fourth-order valence-corrected chi connectivity index (χ4v) is 2.95. The molecule has 0 fully saturated rings. The van der Waals surface area contributed by atoms with Crippen molar-refractivity contribution in [1.29, 1.82) is 0 Å². The molecule has 30 heavy (non-hydrogen) atoms. The van der Waals surface area contributed by atoms with Crippen molar-refractivity contribution in [2.24, 2.45) is 0 Å². The number of hydrogen-bond donors (Lipinski definition) is 0. The molecule has 2 aromatic carbocycles. The van der Waals surface area contributed by atoms with Gasteiger partial charge in [-0.1, -0.05) is 18.2 Å². The number of para-hydroxylation sites is 1. The summed E-state index contributed by atoms with van der Waals surface area (Å²) >= 11 is 0. The molecule has 0 bridgehead atoms. The third kappa shape index (κ3) is 3.61. The first-order chi connectivity index (χ1) is 14.4. The van der Waals surface area contributed by atoms with Crippen LogP contribution >= 0.6 is 0 Å². The molecule has 156 valence electrons.